The predicted molar refractivity (Wildman–Crippen MR) is 82.5 cm³/mol. The largest absolute Gasteiger partial charge is 0.326 e. The number of halogens is 2. The number of hydrogen-bond donors (Lipinski definition) is 1. The number of nitrogens with one attached hydrogen (secondary N) is 1. The third-order valence-corrected chi connectivity index (χ3v) is 3.87. The number of urea groups is 1. The van der Waals surface area contributed by atoms with Gasteiger partial charge in [0.2, 0.25) is 0 Å². The molecule has 0 aromatic heterocycles. The molecule has 0 radical (unpaired) electrons. The molecule has 1 aliphatic rings. The SMILES string of the molecule is O=C(Nc1c(F)cccc1Cl)N1CCCc2ccccc21. The van der Waals surface area contributed by atoms with Crippen LogP contribution in [0.25, 0.3) is 0 Å². The highest BCUT2D eigenvalue weighted by Gasteiger charge is 2.23. The van der Waals surface area contributed by atoms with Crippen LogP contribution in [0.3, 0.4) is 0 Å². The van der Waals surface area contributed by atoms with E-state index in [-0.39, 0.29) is 16.7 Å². The molecule has 1 heterocycles. The van der Waals surface area contributed by atoms with Gasteiger partial charge in [-0.3, -0.25) is 4.90 Å². The van der Waals surface area contributed by atoms with E-state index in [2.05, 4.69) is 5.32 Å². The van der Waals surface area contributed by atoms with Gasteiger partial charge < -0.3 is 5.32 Å². The Labute approximate surface area is 127 Å². The van der Waals surface area contributed by atoms with Crippen molar-refractivity contribution in [3.63, 3.8) is 0 Å². The second kappa shape index (κ2) is 5.74. The number of nitrogens with zero attached hydrogens (tertiary/aromatic N) is 1. The minimum atomic E-state index is -0.541. The van der Waals surface area contributed by atoms with Crippen LogP contribution in [0, 0.1) is 5.82 Å². The first-order valence-corrected chi connectivity index (χ1v) is 7.15. The minimum absolute atomic E-state index is 0.0206. The smallest absolute Gasteiger partial charge is 0.304 e. The molecule has 3 rings (SSSR count). The Morgan fingerprint density at radius 1 is 1.19 bits per heavy atom. The average molecular weight is 305 g/mol. The number of benzene rings is 2. The molecule has 0 bridgehead atoms. The standard InChI is InChI=1S/C16H14ClFN2O/c17-12-7-3-8-13(18)15(12)19-16(21)20-10-4-6-11-5-1-2-9-14(11)20/h1-3,5,7-9H,4,6,10H2,(H,19,21). The van der Waals surface area contributed by atoms with Gasteiger partial charge in [-0.1, -0.05) is 35.9 Å². The summed E-state index contributed by atoms with van der Waals surface area (Å²) in [5.74, 6) is -0.541. The van der Waals surface area contributed by atoms with Crippen LogP contribution >= 0.6 is 11.6 Å². The van der Waals surface area contributed by atoms with Gasteiger partial charge >= 0.3 is 6.03 Å². The van der Waals surface area contributed by atoms with Crippen LogP contribution in [-0.4, -0.2) is 12.6 Å². The van der Waals surface area contributed by atoms with E-state index in [9.17, 15) is 9.18 Å². The van der Waals surface area contributed by atoms with Crippen molar-refractivity contribution >= 4 is 29.0 Å². The summed E-state index contributed by atoms with van der Waals surface area (Å²) in [5, 5.41) is 2.76. The molecule has 0 aliphatic carbocycles. The molecule has 1 N–H and O–H groups in total. The van der Waals surface area contributed by atoms with Crippen molar-refractivity contribution in [2.75, 3.05) is 16.8 Å². The van der Waals surface area contributed by atoms with Crippen LogP contribution < -0.4 is 10.2 Å². The Morgan fingerprint density at radius 2 is 2.00 bits per heavy atom. The van der Waals surface area contributed by atoms with Crippen LogP contribution in [0.2, 0.25) is 5.02 Å². The van der Waals surface area contributed by atoms with Crippen molar-refractivity contribution in [2.45, 2.75) is 12.8 Å². The molecule has 0 saturated carbocycles. The first-order chi connectivity index (χ1) is 10.2. The monoisotopic (exact) mass is 304 g/mol. The Hall–Kier alpha value is -2.07. The fourth-order valence-corrected chi connectivity index (χ4v) is 2.75. The maximum Gasteiger partial charge on any atom is 0.326 e. The average Bonchev–Trinajstić information content (AvgIpc) is 2.50. The van der Waals surface area contributed by atoms with Crippen molar-refractivity contribution < 1.29 is 9.18 Å². The third kappa shape index (κ3) is 2.72. The maximum atomic E-state index is 13.8. The molecule has 1 aliphatic heterocycles. The zero-order valence-corrected chi connectivity index (χ0v) is 12.0. The van der Waals surface area contributed by atoms with Gasteiger partial charge in [-0.2, -0.15) is 0 Å². The van der Waals surface area contributed by atoms with Gasteiger partial charge in [0.15, 0.2) is 0 Å². The van der Waals surface area contributed by atoms with Crippen LogP contribution in [0.1, 0.15) is 12.0 Å². The summed E-state index contributed by atoms with van der Waals surface area (Å²) >= 11 is 5.94. The van der Waals surface area contributed by atoms with Crippen LogP contribution in [0.4, 0.5) is 20.6 Å². The molecular weight excluding hydrogens is 291 g/mol. The molecule has 3 nitrogen and oxygen atoms in total. The van der Waals surface area contributed by atoms with Gasteiger partial charge in [-0.05, 0) is 36.6 Å². The highest BCUT2D eigenvalue weighted by Crippen LogP contribution is 2.29. The Bertz CT molecular complexity index is 669. The minimum Gasteiger partial charge on any atom is -0.304 e. The first kappa shape index (κ1) is 13.9. The lowest BCUT2D eigenvalue weighted by Gasteiger charge is -2.29. The van der Waals surface area contributed by atoms with Crippen molar-refractivity contribution in [2.24, 2.45) is 0 Å². The number of para-hydroxylation sites is 2. The van der Waals surface area contributed by atoms with Gasteiger partial charge in [0, 0.05) is 12.2 Å². The van der Waals surface area contributed by atoms with Crippen molar-refractivity contribution in [3.05, 3.63) is 58.9 Å². The number of rotatable bonds is 1. The fourth-order valence-electron chi connectivity index (χ4n) is 2.54. The Morgan fingerprint density at radius 3 is 2.81 bits per heavy atom. The molecule has 0 fully saturated rings. The van der Waals surface area contributed by atoms with Crippen molar-refractivity contribution in [3.8, 4) is 0 Å². The van der Waals surface area contributed by atoms with Gasteiger partial charge in [0.1, 0.15) is 5.82 Å². The molecule has 0 saturated heterocycles. The Balaban J connectivity index is 1.87. The number of aryl methyl sites for hydroxylation is 1. The summed E-state index contributed by atoms with van der Waals surface area (Å²) in [7, 11) is 0. The van der Waals surface area contributed by atoms with E-state index in [1.807, 2.05) is 24.3 Å². The zero-order valence-electron chi connectivity index (χ0n) is 11.3. The highest BCUT2D eigenvalue weighted by atomic mass is 35.5. The predicted octanol–water partition coefficient (Wildman–Crippen LogP) is 4.46. The maximum absolute atomic E-state index is 13.8. The summed E-state index contributed by atoms with van der Waals surface area (Å²) in [6.45, 7) is 0.606. The summed E-state index contributed by atoms with van der Waals surface area (Å²) in [4.78, 5) is 14.1. The topological polar surface area (TPSA) is 32.3 Å². The molecule has 2 aromatic carbocycles. The lowest BCUT2D eigenvalue weighted by Crippen LogP contribution is -2.38. The molecule has 21 heavy (non-hydrogen) atoms. The molecule has 108 valence electrons. The highest BCUT2D eigenvalue weighted by molar-refractivity contribution is 6.33. The Kier molecular flexibility index (Phi) is 3.80. The van der Waals surface area contributed by atoms with E-state index in [4.69, 9.17) is 11.6 Å². The molecule has 2 aromatic rings. The van der Waals surface area contributed by atoms with Gasteiger partial charge in [-0.15, -0.1) is 0 Å². The van der Waals surface area contributed by atoms with Crippen LogP contribution in [0.5, 0.6) is 0 Å². The number of amides is 2. The lowest BCUT2D eigenvalue weighted by molar-refractivity contribution is 0.256. The number of hydrogen-bond acceptors (Lipinski definition) is 1. The number of carbonyl (C=O) groups excluding carboxylic acids is 1. The molecule has 5 heteroatoms. The fraction of sp³-hybridized carbons (Fsp3) is 0.188. The van der Waals surface area contributed by atoms with Gasteiger partial charge in [0.25, 0.3) is 0 Å². The number of anilines is 2. The van der Waals surface area contributed by atoms with Crippen molar-refractivity contribution in [1.82, 2.24) is 0 Å². The molecular formula is C16H14ClFN2O. The van der Waals surface area contributed by atoms with E-state index in [1.165, 1.54) is 12.1 Å². The normalized spacial score (nSPS) is 13.7. The van der Waals surface area contributed by atoms with E-state index in [1.54, 1.807) is 11.0 Å². The summed E-state index contributed by atoms with van der Waals surface area (Å²) in [5.41, 5.74) is 2.01. The van der Waals surface area contributed by atoms with E-state index in [0.29, 0.717) is 6.54 Å². The summed E-state index contributed by atoms with van der Waals surface area (Å²) in [6.07, 6.45) is 1.83. The van der Waals surface area contributed by atoms with E-state index >= 15 is 0 Å². The van der Waals surface area contributed by atoms with Crippen LogP contribution in [-0.2, 0) is 6.42 Å². The van der Waals surface area contributed by atoms with Gasteiger partial charge in [0.05, 0.1) is 10.7 Å². The second-order valence-electron chi connectivity index (χ2n) is 4.91. The molecule has 0 spiro atoms. The molecule has 0 atom stereocenters. The number of fused-ring (bicyclic) bond motifs is 1. The lowest BCUT2D eigenvalue weighted by atomic mass is 10.0. The van der Waals surface area contributed by atoms with Crippen LogP contribution in [0.15, 0.2) is 42.5 Å². The molecule has 0 unspecified atom stereocenters. The first-order valence-electron chi connectivity index (χ1n) is 6.77. The third-order valence-electron chi connectivity index (χ3n) is 3.55. The summed E-state index contributed by atoms with van der Waals surface area (Å²) < 4.78 is 13.8. The summed E-state index contributed by atoms with van der Waals surface area (Å²) in [6, 6.07) is 11.7. The van der Waals surface area contributed by atoms with Gasteiger partial charge in [-0.25, -0.2) is 9.18 Å². The zero-order chi connectivity index (χ0) is 14.8. The quantitative estimate of drug-likeness (QED) is 0.828. The number of carbonyl (C=O) groups is 1. The molecule has 2 amide bonds. The van der Waals surface area contributed by atoms with E-state index < -0.39 is 5.82 Å². The second-order valence-corrected chi connectivity index (χ2v) is 5.32. The van der Waals surface area contributed by atoms with E-state index in [0.717, 1.165) is 24.1 Å². The van der Waals surface area contributed by atoms with Crippen molar-refractivity contribution in [1.29, 1.82) is 0 Å².